The van der Waals surface area contributed by atoms with Gasteiger partial charge in [-0.2, -0.15) is 5.26 Å². The van der Waals surface area contributed by atoms with Crippen LogP contribution < -0.4 is 15.2 Å². The number of hydrogen-bond acceptors (Lipinski definition) is 6. The van der Waals surface area contributed by atoms with E-state index < -0.39 is 6.10 Å². The molecule has 0 aliphatic carbocycles. The maximum atomic E-state index is 8.78. The van der Waals surface area contributed by atoms with Crippen molar-refractivity contribution in [3.05, 3.63) is 41.9 Å². The van der Waals surface area contributed by atoms with Gasteiger partial charge in [-0.15, -0.1) is 0 Å². The first-order valence-corrected chi connectivity index (χ1v) is 5.69. The van der Waals surface area contributed by atoms with E-state index in [0.29, 0.717) is 23.9 Å². The largest absolute Gasteiger partial charge is 0.485 e. The number of benzene rings is 1. The fourth-order valence-corrected chi connectivity index (χ4v) is 1.80. The third kappa shape index (κ3) is 2.02. The average Bonchev–Trinajstić information content (AvgIpc) is 2.46. The van der Waals surface area contributed by atoms with E-state index in [1.54, 1.807) is 0 Å². The molecule has 0 amide bonds. The number of nitriles is 1. The van der Waals surface area contributed by atoms with E-state index in [2.05, 4.69) is 9.97 Å². The average molecular weight is 254 g/mol. The lowest BCUT2D eigenvalue weighted by Gasteiger charge is -2.25. The van der Waals surface area contributed by atoms with Crippen LogP contribution in [0.3, 0.4) is 0 Å². The molecular formula is C13H10N4O2. The summed E-state index contributed by atoms with van der Waals surface area (Å²) in [4.78, 5) is 8.17. The molecule has 0 fully saturated rings. The molecule has 2 heterocycles. The van der Waals surface area contributed by atoms with Crippen LogP contribution in [0.2, 0.25) is 0 Å². The minimum atomic E-state index is -0.426. The van der Waals surface area contributed by atoms with E-state index in [0.717, 1.165) is 0 Å². The molecule has 1 aromatic heterocycles. The second-order valence-corrected chi connectivity index (χ2v) is 4.00. The van der Waals surface area contributed by atoms with Gasteiger partial charge in [0.2, 0.25) is 0 Å². The van der Waals surface area contributed by atoms with Crippen LogP contribution in [0.5, 0.6) is 11.5 Å². The van der Waals surface area contributed by atoms with Crippen molar-refractivity contribution in [1.82, 2.24) is 9.97 Å². The fourth-order valence-electron chi connectivity index (χ4n) is 1.80. The van der Waals surface area contributed by atoms with Crippen LogP contribution in [0.15, 0.2) is 30.5 Å². The lowest BCUT2D eigenvalue weighted by Crippen LogP contribution is -2.24. The smallest absolute Gasteiger partial charge is 0.192 e. The molecule has 6 heteroatoms. The quantitative estimate of drug-likeness (QED) is 0.827. The van der Waals surface area contributed by atoms with Gasteiger partial charge in [0.05, 0.1) is 6.20 Å². The topological polar surface area (TPSA) is 94.0 Å². The summed E-state index contributed by atoms with van der Waals surface area (Å²) >= 11 is 0. The van der Waals surface area contributed by atoms with Crippen LogP contribution in [-0.4, -0.2) is 16.6 Å². The molecule has 19 heavy (non-hydrogen) atoms. The molecule has 94 valence electrons. The predicted octanol–water partition coefficient (Wildman–Crippen LogP) is 1.44. The molecule has 0 spiro atoms. The first kappa shape index (κ1) is 11.3. The highest BCUT2D eigenvalue weighted by molar-refractivity contribution is 5.47. The van der Waals surface area contributed by atoms with E-state index in [1.807, 2.05) is 30.3 Å². The molecule has 1 atom stereocenters. The summed E-state index contributed by atoms with van der Waals surface area (Å²) in [6.45, 7) is 0.308. The van der Waals surface area contributed by atoms with Crippen LogP contribution in [0, 0.1) is 11.3 Å². The van der Waals surface area contributed by atoms with Crippen LogP contribution in [0.25, 0.3) is 0 Å². The van der Waals surface area contributed by atoms with E-state index >= 15 is 0 Å². The molecular weight excluding hydrogens is 244 g/mol. The summed E-state index contributed by atoms with van der Waals surface area (Å²) in [5.41, 5.74) is 5.91. The zero-order chi connectivity index (χ0) is 13.2. The van der Waals surface area contributed by atoms with Crippen LogP contribution in [0.1, 0.15) is 17.5 Å². The van der Waals surface area contributed by atoms with Gasteiger partial charge in [0.1, 0.15) is 24.1 Å². The first-order valence-electron chi connectivity index (χ1n) is 5.69. The summed E-state index contributed by atoms with van der Waals surface area (Å²) in [5, 5.41) is 8.78. The Morgan fingerprint density at radius 1 is 1.32 bits per heavy atom. The third-order valence-corrected chi connectivity index (χ3v) is 2.75. The summed E-state index contributed by atoms with van der Waals surface area (Å²) < 4.78 is 11.3. The van der Waals surface area contributed by atoms with E-state index in [4.69, 9.17) is 20.5 Å². The molecule has 1 aliphatic rings. The number of fused-ring (bicyclic) bond motifs is 1. The zero-order valence-corrected chi connectivity index (χ0v) is 9.91. The minimum Gasteiger partial charge on any atom is -0.485 e. The van der Waals surface area contributed by atoms with Gasteiger partial charge < -0.3 is 15.2 Å². The van der Waals surface area contributed by atoms with Gasteiger partial charge in [0, 0.05) is 0 Å². The van der Waals surface area contributed by atoms with Gasteiger partial charge in [-0.05, 0) is 12.1 Å². The summed E-state index contributed by atoms with van der Waals surface area (Å²) in [7, 11) is 0. The normalized spacial score (nSPS) is 16.7. The molecule has 2 N–H and O–H groups in total. The number of nitrogens with two attached hydrogens (primary N) is 1. The minimum absolute atomic E-state index is 0.148. The maximum absolute atomic E-state index is 8.78. The van der Waals surface area contributed by atoms with Gasteiger partial charge >= 0.3 is 0 Å². The molecule has 3 rings (SSSR count). The summed E-state index contributed by atoms with van der Waals surface area (Å²) in [6, 6.07) is 9.30. The Morgan fingerprint density at radius 2 is 2.11 bits per heavy atom. The van der Waals surface area contributed by atoms with Crippen molar-refractivity contribution in [3.63, 3.8) is 0 Å². The second kappa shape index (κ2) is 4.46. The van der Waals surface area contributed by atoms with Crippen molar-refractivity contribution >= 4 is 5.82 Å². The Bertz CT molecular complexity index is 666. The Kier molecular flexibility index (Phi) is 2.65. The van der Waals surface area contributed by atoms with Crippen molar-refractivity contribution in [3.8, 4) is 17.6 Å². The highest BCUT2D eigenvalue weighted by Gasteiger charge is 2.25. The Hall–Kier alpha value is -2.81. The predicted molar refractivity (Wildman–Crippen MR) is 66.5 cm³/mol. The molecule has 0 saturated heterocycles. The van der Waals surface area contributed by atoms with E-state index in [-0.39, 0.29) is 11.4 Å². The number of nitrogens with zero attached hydrogens (tertiary/aromatic N) is 3. The van der Waals surface area contributed by atoms with Crippen molar-refractivity contribution in [2.75, 3.05) is 12.3 Å². The Balaban J connectivity index is 1.89. The van der Waals surface area contributed by atoms with E-state index in [1.165, 1.54) is 6.20 Å². The standard InChI is InChI=1S/C13H10N4O2/c14-5-8-6-16-13(17-12(8)15)11-7-18-9-3-1-2-4-10(9)19-11/h1-4,6,11H,7H2,(H2,15,16,17)/t11-/m1/s1. The van der Waals surface area contributed by atoms with Gasteiger partial charge in [-0.25, -0.2) is 9.97 Å². The second-order valence-electron chi connectivity index (χ2n) is 4.00. The number of aromatic nitrogens is 2. The van der Waals surface area contributed by atoms with Crippen molar-refractivity contribution in [1.29, 1.82) is 5.26 Å². The molecule has 0 saturated carbocycles. The van der Waals surface area contributed by atoms with Gasteiger partial charge in [0.15, 0.2) is 23.4 Å². The van der Waals surface area contributed by atoms with Crippen molar-refractivity contribution in [2.24, 2.45) is 0 Å². The Labute approximate surface area is 109 Å². The van der Waals surface area contributed by atoms with Crippen molar-refractivity contribution in [2.45, 2.75) is 6.10 Å². The molecule has 6 nitrogen and oxygen atoms in total. The highest BCUT2D eigenvalue weighted by Crippen LogP contribution is 2.35. The number of hydrogen-bond donors (Lipinski definition) is 1. The van der Waals surface area contributed by atoms with Crippen molar-refractivity contribution < 1.29 is 9.47 Å². The molecule has 0 radical (unpaired) electrons. The van der Waals surface area contributed by atoms with E-state index in [9.17, 15) is 0 Å². The zero-order valence-electron chi connectivity index (χ0n) is 9.91. The number of nitrogen functional groups attached to an aromatic ring is 1. The molecule has 2 aromatic rings. The fraction of sp³-hybridized carbons (Fsp3) is 0.154. The molecule has 0 bridgehead atoms. The SMILES string of the molecule is N#Cc1cnc([C@H]2COc3ccccc3O2)nc1N. The summed E-state index contributed by atoms with van der Waals surface area (Å²) in [6.07, 6.45) is 0.964. The van der Waals surface area contributed by atoms with Crippen LogP contribution in [0.4, 0.5) is 5.82 Å². The molecule has 1 aliphatic heterocycles. The molecule has 1 aromatic carbocycles. The molecule has 0 unspecified atom stereocenters. The van der Waals surface area contributed by atoms with Crippen LogP contribution >= 0.6 is 0 Å². The monoisotopic (exact) mass is 254 g/mol. The Morgan fingerprint density at radius 3 is 2.84 bits per heavy atom. The first-order chi connectivity index (χ1) is 9.28. The summed E-state index contributed by atoms with van der Waals surface area (Å²) in [5.74, 6) is 1.90. The van der Waals surface area contributed by atoms with Gasteiger partial charge in [-0.3, -0.25) is 0 Å². The highest BCUT2D eigenvalue weighted by atomic mass is 16.6. The lowest BCUT2D eigenvalue weighted by molar-refractivity contribution is 0.0851. The number of para-hydroxylation sites is 2. The lowest BCUT2D eigenvalue weighted by atomic mass is 10.2. The number of anilines is 1. The number of ether oxygens (including phenoxy) is 2. The van der Waals surface area contributed by atoms with Crippen LogP contribution in [-0.2, 0) is 0 Å². The van der Waals surface area contributed by atoms with Gasteiger partial charge in [-0.1, -0.05) is 12.1 Å². The maximum Gasteiger partial charge on any atom is 0.192 e. The van der Waals surface area contributed by atoms with Gasteiger partial charge in [0.25, 0.3) is 0 Å². The number of rotatable bonds is 1. The third-order valence-electron chi connectivity index (χ3n) is 2.75.